The summed E-state index contributed by atoms with van der Waals surface area (Å²) in [6.07, 6.45) is -1.83. The van der Waals surface area contributed by atoms with Gasteiger partial charge in [-0.1, -0.05) is 0 Å². The van der Waals surface area contributed by atoms with Gasteiger partial charge in [-0.15, -0.1) is 0 Å². The van der Waals surface area contributed by atoms with Crippen molar-refractivity contribution < 1.29 is 35.4 Å². The highest BCUT2D eigenvalue weighted by Crippen LogP contribution is 2.13. The Bertz CT molecular complexity index is 416. The minimum absolute atomic E-state index is 0.169. The van der Waals surface area contributed by atoms with E-state index in [0.717, 1.165) is 0 Å². The predicted molar refractivity (Wildman–Crippen MR) is 70.2 cm³/mol. The van der Waals surface area contributed by atoms with Crippen LogP contribution in [0.4, 0.5) is 4.79 Å². The number of phenols is 4. The molecular formula is C13H14O7. The van der Waals surface area contributed by atoms with Crippen LogP contribution < -0.4 is 0 Å². The lowest BCUT2D eigenvalue weighted by atomic mass is 10.3. The van der Waals surface area contributed by atoms with Crippen molar-refractivity contribution >= 4 is 6.16 Å². The van der Waals surface area contributed by atoms with E-state index in [9.17, 15) is 0 Å². The number of hydrogen-bond donors (Lipinski definition) is 6. The Morgan fingerprint density at radius 3 is 0.750 bits per heavy atom. The molecule has 7 nitrogen and oxygen atoms in total. The van der Waals surface area contributed by atoms with Gasteiger partial charge < -0.3 is 30.6 Å². The van der Waals surface area contributed by atoms with Gasteiger partial charge in [0.15, 0.2) is 0 Å². The molecule has 0 atom stereocenters. The summed E-state index contributed by atoms with van der Waals surface area (Å²) in [6.45, 7) is 0. The molecule has 0 saturated heterocycles. The van der Waals surface area contributed by atoms with E-state index in [1.165, 1.54) is 48.5 Å². The van der Waals surface area contributed by atoms with Gasteiger partial charge in [-0.3, -0.25) is 0 Å². The van der Waals surface area contributed by atoms with Crippen molar-refractivity contribution in [2.75, 3.05) is 0 Å². The Kier molecular flexibility index (Phi) is 7.54. The fourth-order valence-electron chi connectivity index (χ4n) is 0.905. The number of rotatable bonds is 0. The number of carbonyl (C=O) groups is 1. The summed E-state index contributed by atoms with van der Waals surface area (Å²) < 4.78 is 0. The summed E-state index contributed by atoms with van der Waals surface area (Å²) >= 11 is 0. The van der Waals surface area contributed by atoms with Crippen LogP contribution in [0.5, 0.6) is 23.0 Å². The fraction of sp³-hybridized carbons (Fsp3) is 0. The van der Waals surface area contributed by atoms with Gasteiger partial charge in [-0.05, 0) is 48.5 Å². The SMILES string of the molecule is O=C(O)O.Oc1ccc(O)cc1.Oc1ccc(O)cc1. The van der Waals surface area contributed by atoms with E-state index in [-0.39, 0.29) is 23.0 Å². The molecule has 0 bridgehead atoms. The van der Waals surface area contributed by atoms with Crippen molar-refractivity contribution in [1.82, 2.24) is 0 Å². The lowest BCUT2D eigenvalue weighted by Crippen LogP contribution is -1.81. The van der Waals surface area contributed by atoms with Crippen LogP contribution in [-0.2, 0) is 0 Å². The zero-order valence-corrected chi connectivity index (χ0v) is 10.2. The molecule has 0 amide bonds. The van der Waals surface area contributed by atoms with E-state index >= 15 is 0 Å². The largest absolute Gasteiger partial charge is 0.508 e. The minimum atomic E-state index is -1.83. The maximum Gasteiger partial charge on any atom is 0.503 e. The first-order valence-electron chi connectivity index (χ1n) is 5.19. The summed E-state index contributed by atoms with van der Waals surface area (Å²) in [7, 11) is 0. The van der Waals surface area contributed by atoms with Crippen molar-refractivity contribution in [1.29, 1.82) is 0 Å². The maximum atomic E-state index is 8.65. The third kappa shape index (κ3) is 10.1. The van der Waals surface area contributed by atoms with Gasteiger partial charge in [0.25, 0.3) is 0 Å². The van der Waals surface area contributed by atoms with Crippen molar-refractivity contribution in [2.45, 2.75) is 0 Å². The van der Waals surface area contributed by atoms with Crippen molar-refractivity contribution in [3.8, 4) is 23.0 Å². The zero-order chi connectivity index (χ0) is 15.5. The second-order valence-electron chi connectivity index (χ2n) is 3.32. The average molecular weight is 282 g/mol. The lowest BCUT2D eigenvalue weighted by Gasteiger charge is -1.88. The van der Waals surface area contributed by atoms with Crippen molar-refractivity contribution in [3.63, 3.8) is 0 Å². The Morgan fingerprint density at radius 2 is 0.650 bits per heavy atom. The molecule has 0 unspecified atom stereocenters. The van der Waals surface area contributed by atoms with Gasteiger partial charge in [-0.2, -0.15) is 0 Å². The molecule has 0 aliphatic heterocycles. The number of carboxylic acid groups (broad SMARTS) is 2. The summed E-state index contributed by atoms with van der Waals surface area (Å²) in [5, 5.41) is 48.5. The summed E-state index contributed by atoms with van der Waals surface area (Å²) in [6, 6.07) is 11.4. The maximum absolute atomic E-state index is 8.65. The monoisotopic (exact) mass is 282 g/mol. The molecule has 6 N–H and O–H groups in total. The van der Waals surface area contributed by atoms with Crippen LogP contribution in [0, 0.1) is 0 Å². The number of hydrogen-bond acceptors (Lipinski definition) is 5. The van der Waals surface area contributed by atoms with Crippen LogP contribution >= 0.6 is 0 Å². The van der Waals surface area contributed by atoms with E-state index in [2.05, 4.69) is 0 Å². The van der Waals surface area contributed by atoms with Crippen molar-refractivity contribution in [3.05, 3.63) is 48.5 Å². The first-order chi connectivity index (χ1) is 9.31. The molecule has 0 spiro atoms. The van der Waals surface area contributed by atoms with E-state index in [4.69, 9.17) is 35.4 Å². The zero-order valence-electron chi connectivity index (χ0n) is 10.2. The molecule has 0 aliphatic rings. The Morgan fingerprint density at radius 1 is 0.550 bits per heavy atom. The molecule has 0 aliphatic carbocycles. The topological polar surface area (TPSA) is 138 Å². The minimum Gasteiger partial charge on any atom is -0.508 e. The second-order valence-corrected chi connectivity index (χ2v) is 3.32. The highest BCUT2D eigenvalue weighted by molar-refractivity contribution is 5.53. The molecule has 2 aromatic rings. The molecule has 0 heterocycles. The Labute approximate surface area is 114 Å². The number of aromatic hydroxyl groups is 4. The first-order valence-corrected chi connectivity index (χ1v) is 5.19. The van der Waals surface area contributed by atoms with Crippen LogP contribution in [0.15, 0.2) is 48.5 Å². The van der Waals surface area contributed by atoms with Crippen LogP contribution in [0.1, 0.15) is 0 Å². The molecule has 7 heteroatoms. The lowest BCUT2D eigenvalue weighted by molar-refractivity contribution is 0.137. The van der Waals surface area contributed by atoms with E-state index < -0.39 is 6.16 Å². The smallest absolute Gasteiger partial charge is 0.503 e. The molecule has 20 heavy (non-hydrogen) atoms. The average Bonchev–Trinajstić information content (AvgIpc) is 2.37. The molecule has 0 saturated carbocycles. The van der Waals surface area contributed by atoms with Gasteiger partial charge in [-0.25, -0.2) is 4.79 Å². The van der Waals surface area contributed by atoms with Crippen LogP contribution in [0.3, 0.4) is 0 Å². The molecule has 0 aromatic heterocycles. The standard InChI is InChI=1S/2C6H6O2.CH2O3/c2*7-5-1-2-6(8)4-3-5;2-1(3)4/h2*1-4,7-8H;(H2,2,3,4). The van der Waals surface area contributed by atoms with E-state index in [0.29, 0.717) is 0 Å². The van der Waals surface area contributed by atoms with Crippen molar-refractivity contribution in [2.24, 2.45) is 0 Å². The first kappa shape index (κ1) is 16.9. The third-order valence-electron chi connectivity index (χ3n) is 1.70. The van der Waals surface area contributed by atoms with Gasteiger partial charge in [0, 0.05) is 0 Å². The highest BCUT2D eigenvalue weighted by atomic mass is 16.6. The quantitative estimate of drug-likeness (QED) is 0.408. The molecular weight excluding hydrogens is 268 g/mol. The highest BCUT2D eigenvalue weighted by Gasteiger charge is 1.85. The third-order valence-corrected chi connectivity index (χ3v) is 1.70. The second kappa shape index (κ2) is 8.92. The fourth-order valence-corrected chi connectivity index (χ4v) is 0.905. The summed E-state index contributed by atoms with van der Waals surface area (Å²) in [5.41, 5.74) is 0. The predicted octanol–water partition coefficient (Wildman–Crippen LogP) is 2.42. The van der Waals surface area contributed by atoms with Gasteiger partial charge in [0.2, 0.25) is 0 Å². The molecule has 0 radical (unpaired) electrons. The number of benzene rings is 2. The van der Waals surface area contributed by atoms with E-state index in [1.807, 2.05) is 0 Å². The van der Waals surface area contributed by atoms with Crippen LogP contribution in [0.2, 0.25) is 0 Å². The van der Waals surface area contributed by atoms with E-state index in [1.54, 1.807) is 0 Å². The van der Waals surface area contributed by atoms with Gasteiger partial charge in [0.05, 0.1) is 0 Å². The van der Waals surface area contributed by atoms with Crippen LogP contribution in [0.25, 0.3) is 0 Å². The number of phenolic OH excluding ortho intramolecular Hbond substituents is 4. The normalized spacial score (nSPS) is 8.40. The summed E-state index contributed by atoms with van der Waals surface area (Å²) in [4.78, 5) is 8.56. The van der Waals surface area contributed by atoms with Gasteiger partial charge in [0.1, 0.15) is 23.0 Å². The molecule has 2 rings (SSSR count). The molecule has 108 valence electrons. The molecule has 0 fully saturated rings. The molecule has 2 aromatic carbocycles. The summed E-state index contributed by atoms with van der Waals surface area (Å²) in [5.74, 6) is 0.677. The van der Waals surface area contributed by atoms with Gasteiger partial charge >= 0.3 is 6.16 Å². The Hall–Kier alpha value is -3.09. The Balaban J connectivity index is 0.000000289. The van der Waals surface area contributed by atoms with Crippen LogP contribution in [-0.4, -0.2) is 36.8 Å².